The lowest BCUT2D eigenvalue weighted by Crippen LogP contribution is -2.37. The maximum absolute atomic E-state index is 10.7. The van der Waals surface area contributed by atoms with E-state index in [2.05, 4.69) is 16.9 Å². The van der Waals surface area contributed by atoms with Gasteiger partial charge in [-0.3, -0.25) is 14.4 Å². The fourth-order valence-electron chi connectivity index (χ4n) is 2.75. The van der Waals surface area contributed by atoms with Crippen LogP contribution in [0.1, 0.15) is 37.9 Å². The summed E-state index contributed by atoms with van der Waals surface area (Å²) in [4.78, 5) is 12.9. The van der Waals surface area contributed by atoms with Crippen LogP contribution in [0.3, 0.4) is 0 Å². The molecule has 0 bridgehead atoms. The van der Waals surface area contributed by atoms with Crippen LogP contribution in [0.5, 0.6) is 0 Å². The molecule has 0 spiro atoms. The molecule has 2 atom stereocenters. The van der Waals surface area contributed by atoms with Gasteiger partial charge in [-0.15, -0.1) is 0 Å². The number of rotatable bonds is 5. The summed E-state index contributed by atoms with van der Waals surface area (Å²) in [6.45, 7) is 5.80. The molecule has 0 unspecified atom stereocenters. The van der Waals surface area contributed by atoms with Gasteiger partial charge in [0.1, 0.15) is 0 Å². The van der Waals surface area contributed by atoms with Gasteiger partial charge >= 0.3 is 5.97 Å². The molecule has 5 nitrogen and oxygen atoms in total. The van der Waals surface area contributed by atoms with Gasteiger partial charge in [-0.05, 0) is 39.3 Å². The van der Waals surface area contributed by atoms with Crippen LogP contribution >= 0.6 is 0 Å². The van der Waals surface area contributed by atoms with E-state index in [0.717, 1.165) is 25.1 Å². The Hall–Kier alpha value is -1.36. The van der Waals surface area contributed by atoms with Crippen molar-refractivity contribution in [3.05, 3.63) is 18.0 Å². The zero-order valence-electron chi connectivity index (χ0n) is 11.0. The van der Waals surface area contributed by atoms with Crippen LogP contribution in [-0.2, 0) is 4.79 Å². The van der Waals surface area contributed by atoms with Crippen molar-refractivity contribution >= 4 is 5.97 Å². The molecule has 0 aliphatic carbocycles. The maximum atomic E-state index is 10.7. The van der Waals surface area contributed by atoms with Crippen molar-refractivity contribution in [3.63, 3.8) is 0 Å². The Balaban J connectivity index is 2.00. The Bertz CT molecular complexity index is 416. The van der Waals surface area contributed by atoms with Crippen LogP contribution < -0.4 is 0 Å². The minimum absolute atomic E-state index is 0.224. The molecule has 2 rings (SSSR count). The van der Waals surface area contributed by atoms with Gasteiger partial charge in [0, 0.05) is 18.8 Å². The summed E-state index contributed by atoms with van der Waals surface area (Å²) in [6, 6.07) is 2.71. The van der Waals surface area contributed by atoms with Crippen molar-refractivity contribution < 1.29 is 9.90 Å². The average Bonchev–Trinajstić information content (AvgIpc) is 2.93. The van der Waals surface area contributed by atoms with Crippen LogP contribution in [0.25, 0.3) is 0 Å². The van der Waals surface area contributed by atoms with E-state index in [1.54, 1.807) is 0 Å². The summed E-state index contributed by atoms with van der Waals surface area (Å²) in [5, 5.41) is 13.2. The first kappa shape index (κ1) is 13.1. The minimum Gasteiger partial charge on any atom is -0.481 e. The second-order valence-corrected chi connectivity index (χ2v) is 5.07. The Morgan fingerprint density at radius 3 is 3.06 bits per heavy atom. The molecule has 0 amide bonds. The number of nitrogens with zero attached hydrogens (tertiary/aromatic N) is 3. The van der Waals surface area contributed by atoms with Crippen LogP contribution in [0.15, 0.2) is 12.3 Å². The SMILES string of the molecule is Cc1ccn([C@H](C)[C@@H]2CCCN2CCC(=O)O)n1. The molecule has 2 heterocycles. The van der Waals surface area contributed by atoms with E-state index in [1.807, 2.05) is 23.9 Å². The predicted molar refractivity (Wildman–Crippen MR) is 68.5 cm³/mol. The number of hydrogen-bond donors (Lipinski definition) is 1. The zero-order chi connectivity index (χ0) is 13.1. The predicted octanol–water partition coefficient (Wildman–Crippen LogP) is 1.69. The first-order valence-electron chi connectivity index (χ1n) is 6.55. The molecule has 1 aliphatic heterocycles. The smallest absolute Gasteiger partial charge is 0.304 e. The van der Waals surface area contributed by atoms with Gasteiger partial charge < -0.3 is 5.11 Å². The second kappa shape index (κ2) is 5.52. The van der Waals surface area contributed by atoms with Crippen LogP contribution in [0.2, 0.25) is 0 Å². The molecule has 1 saturated heterocycles. The summed E-state index contributed by atoms with van der Waals surface area (Å²) in [5.41, 5.74) is 1.02. The van der Waals surface area contributed by atoms with Crippen molar-refractivity contribution in [1.82, 2.24) is 14.7 Å². The average molecular weight is 251 g/mol. The van der Waals surface area contributed by atoms with E-state index in [-0.39, 0.29) is 6.42 Å². The first-order chi connectivity index (χ1) is 8.58. The summed E-state index contributed by atoms with van der Waals surface area (Å²) in [7, 11) is 0. The van der Waals surface area contributed by atoms with Gasteiger partial charge in [-0.25, -0.2) is 0 Å². The molecule has 0 saturated carbocycles. The third-order valence-corrected chi connectivity index (χ3v) is 3.74. The first-order valence-corrected chi connectivity index (χ1v) is 6.55. The van der Waals surface area contributed by atoms with Crippen LogP contribution in [0, 0.1) is 6.92 Å². The number of carbonyl (C=O) groups is 1. The van der Waals surface area contributed by atoms with Gasteiger partial charge in [0.2, 0.25) is 0 Å². The molecule has 0 aromatic carbocycles. The van der Waals surface area contributed by atoms with E-state index in [0.29, 0.717) is 18.6 Å². The highest BCUT2D eigenvalue weighted by atomic mass is 16.4. The number of carboxylic acids is 1. The third kappa shape index (κ3) is 2.90. The summed E-state index contributed by atoms with van der Waals surface area (Å²) in [5.74, 6) is -0.719. The largest absolute Gasteiger partial charge is 0.481 e. The highest BCUT2D eigenvalue weighted by Gasteiger charge is 2.30. The molecule has 5 heteroatoms. The van der Waals surface area contributed by atoms with Gasteiger partial charge in [0.15, 0.2) is 0 Å². The Labute approximate surface area is 107 Å². The molecule has 18 heavy (non-hydrogen) atoms. The Morgan fingerprint density at radius 2 is 2.44 bits per heavy atom. The fraction of sp³-hybridized carbons (Fsp3) is 0.692. The summed E-state index contributed by atoms with van der Waals surface area (Å²) < 4.78 is 2.00. The normalized spacial score (nSPS) is 22.2. The van der Waals surface area contributed by atoms with Crippen molar-refractivity contribution in [2.45, 2.75) is 45.2 Å². The summed E-state index contributed by atoms with van der Waals surface area (Å²) >= 11 is 0. The molecule has 1 aromatic rings. The van der Waals surface area contributed by atoms with Gasteiger partial charge in [-0.1, -0.05) is 0 Å². The lowest BCUT2D eigenvalue weighted by atomic mass is 10.1. The molecule has 0 radical (unpaired) electrons. The van der Waals surface area contributed by atoms with E-state index in [4.69, 9.17) is 5.11 Å². The maximum Gasteiger partial charge on any atom is 0.304 e. The number of aromatic nitrogens is 2. The third-order valence-electron chi connectivity index (χ3n) is 3.74. The zero-order valence-corrected chi connectivity index (χ0v) is 11.0. The van der Waals surface area contributed by atoms with E-state index < -0.39 is 5.97 Å². The van der Waals surface area contributed by atoms with Crippen molar-refractivity contribution in [2.24, 2.45) is 0 Å². The second-order valence-electron chi connectivity index (χ2n) is 5.07. The minimum atomic E-state index is -0.719. The molecule has 1 N–H and O–H groups in total. The molecule has 1 aromatic heterocycles. The van der Waals surface area contributed by atoms with Gasteiger partial charge in [-0.2, -0.15) is 5.10 Å². The number of aliphatic carboxylic acids is 1. The molecular formula is C13H21N3O2. The Kier molecular flexibility index (Phi) is 4.01. The van der Waals surface area contributed by atoms with Crippen LogP contribution in [-0.4, -0.2) is 44.9 Å². The molecule has 1 aliphatic rings. The number of carboxylic acid groups (broad SMARTS) is 1. The standard InChI is InChI=1S/C13H21N3O2/c1-10-5-9-16(14-10)11(2)12-4-3-7-15(12)8-6-13(17)18/h5,9,11-12H,3-4,6-8H2,1-2H3,(H,17,18)/t11-,12+/m1/s1. The van der Waals surface area contributed by atoms with E-state index in [9.17, 15) is 4.79 Å². The van der Waals surface area contributed by atoms with Crippen molar-refractivity contribution in [3.8, 4) is 0 Å². The highest BCUT2D eigenvalue weighted by Crippen LogP contribution is 2.26. The lowest BCUT2D eigenvalue weighted by molar-refractivity contribution is -0.137. The van der Waals surface area contributed by atoms with Gasteiger partial charge in [0.05, 0.1) is 18.2 Å². The number of likely N-dealkylation sites (tertiary alicyclic amines) is 1. The molecular weight excluding hydrogens is 230 g/mol. The van der Waals surface area contributed by atoms with E-state index in [1.165, 1.54) is 0 Å². The fourth-order valence-corrected chi connectivity index (χ4v) is 2.75. The summed E-state index contributed by atoms with van der Waals surface area (Å²) in [6.07, 6.45) is 4.50. The van der Waals surface area contributed by atoms with Crippen LogP contribution in [0.4, 0.5) is 0 Å². The van der Waals surface area contributed by atoms with Crippen molar-refractivity contribution in [2.75, 3.05) is 13.1 Å². The van der Waals surface area contributed by atoms with Gasteiger partial charge in [0.25, 0.3) is 0 Å². The monoisotopic (exact) mass is 251 g/mol. The lowest BCUT2D eigenvalue weighted by Gasteiger charge is -2.29. The van der Waals surface area contributed by atoms with E-state index >= 15 is 0 Å². The number of aryl methyl sites for hydroxylation is 1. The Morgan fingerprint density at radius 1 is 1.67 bits per heavy atom. The highest BCUT2D eigenvalue weighted by molar-refractivity contribution is 5.66. The van der Waals surface area contributed by atoms with Crippen molar-refractivity contribution in [1.29, 1.82) is 0 Å². The quantitative estimate of drug-likeness (QED) is 0.865. The molecule has 1 fully saturated rings. The number of hydrogen-bond acceptors (Lipinski definition) is 3. The topological polar surface area (TPSA) is 58.4 Å². The molecule has 100 valence electrons.